The van der Waals surface area contributed by atoms with Crippen molar-refractivity contribution in [3.63, 3.8) is 0 Å². The van der Waals surface area contributed by atoms with Gasteiger partial charge in [-0.2, -0.15) is 0 Å². The minimum absolute atomic E-state index is 0.0993. The summed E-state index contributed by atoms with van der Waals surface area (Å²) in [5.41, 5.74) is 2.49. The Balaban J connectivity index is 1.95. The van der Waals surface area contributed by atoms with Gasteiger partial charge in [-0.25, -0.2) is 9.59 Å². The molecule has 1 amide bonds. The lowest BCUT2D eigenvalue weighted by Gasteiger charge is -2.20. The summed E-state index contributed by atoms with van der Waals surface area (Å²) < 4.78 is 17.9. The molecule has 0 unspecified atom stereocenters. The normalized spacial score (nSPS) is 12.2. The van der Waals surface area contributed by atoms with Gasteiger partial charge in [-0.3, -0.25) is 4.57 Å². The standard InChI is InChI=1S/C23H24N2O5/c1-4-24(5-2)23(27)25-11-10-15-8-7-9-16(21(15)25)17-12-19-20(30-14-29-19)13-18(17)22(26)28-6-3/h7-13H,4-6,14H2,1-3H3. The van der Waals surface area contributed by atoms with Crippen LogP contribution in [0, 0.1) is 0 Å². The molecule has 1 aliphatic heterocycles. The lowest BCUT2D eigenvalue weighted by molar-refractivity contribution is 0.0527. The number of amides is 1. The molecule has 3 aromatic rings. The fraction of sp³-hybridized carbons (Fsp3) is 0.304. The maximum absolute atomic E-state index is 13.1. The summed E-state index contributed by atoms with van der Waals surface area (Å²) in [6.07, 6.45) is 1.77. The van der Waals surface area contributed by atoms with Gasteiger partial charge >= 0.3 is 12.0 Å². The molecule has 2 aromatic carbocycles. The van der Waals surface area contributed by atoms with Gasteiger partial charge in [-0.1, -0.05) is 18.2 Å². The first-order valence-electron chi connectivity index (χ1n) is 10.1. The van der Waals surface area contributed by atoms with Gasteiger partial charge in [0.25, 0.3) is 0 Å². The fourth-order valence-corrected chi connectivity index (χ4v) is 3.76. The second-order valence-electron chi connectivity index (χ2n) is 6.86. The number of para-hydroxylation sites is 1. The van der Waals surface area contributed by atoms with Crippen molar-refractivity contribution in [2.24, 2.45) is 0 Å². The summed E-state index contributed by atoms with van der Waals surface area (Å²) in [6, 6.07) is 11.0. The third-order valence-electron chi connectivity index (χ3n) is 5.25. The Morgan fingerprint density at radius 1 is 1.03 bits per heavy atom. The minimum Gasteiger partial charge on any atom is -0.462 e. The van der Waals surface area contributed by atoms with E-state index in [4.69, 9.17) is 14.2 Å². The van der Waals surface area contributed by atoms with E-state index in [2.05, 4.69) is 0 Å². The van der Waals surface area contributed by atoms with Crippen LogP contribution in [-0.2, 0) is 4.74 Å². The zero-order chi connectivity index (χ0) is 21.3. The van der Waals surface area contributed by atoms with Gasteiger partial charge in [0.2, 0.25) is 6.79 Å². The maximum Gasteiger partial charge on any atom is 0.338 e. The van der Waals surface area contributed by atoms with Gasteiger partial charge in [0.15, 0.2) is 11.5 Å². The van der Waals surface area contributed by atoms with E-state index >= 15 is 0 Å². The lowest BCUT2D eigenvalue weighted by atomic mass is 9.97. The Hall–Kier alpha value is -3.48. The van der Waals surface area contributed by atoms with Crippen LogP contribution in [0.5, 0.6) is 11.5 Å². The quantitative estimate of drug-likeness (QED) is 0.581. The van der Waals surface area contributed by atoms with Crippen LogP contribution in [0.25, 0.3) is 22.0 Å². The molecule has 0 spiro atoms. The largest absolute Gasteiger partial charge is 0.462 e. The van der Waals surface area contributed by atoms with E-state index in [-0.39, 0.29) is 19.4 Å². The van der Waals surface area contributed by atoms with Gasteiger partial charge in [0, 0.05) is 35.8 Å². The predicted molar refractivity (Wildman–Crippen MR) is 113 cm³/mol. The summed E-state index contributed by atoms with van der Waals surface area (Å²) in [6.45, 7) is 7.23. The number of rotatable bonds is 5. The van der Waals surface area contributed by atoms with Crippen molar-refractivity contribution in [3.05, 3.63) is 48.2 Å². The molecule has 7 nitrogen and oxygen atoms in total. The fourth-order valence-electron chi connectivity index (χ4n) is 3.76. The van der Waals surface area contributed by atoms with Crippen LogP contribution in [0.4, 0.5) is 4.79 Å². The SMILES string of the molecule is CCOC(=O)c1cc2c(cc1-c1cccc3ccn(C(=O)N(CC)CC)c13)OCO2. The average molecular weight is 408 g/mol. The highest BCUT2D eigenvalue weighted by atomic mass is 16.7. The zero-order valence-corrected chi connectivity index (χ0v) is 17.3. The van der Waals surface area contributed by atoms with Crippen LogP contribution >= 0.6 is 0 Å². The van der Waals surface area contributed by atoms with Crippen LogP contribution in [0.1, 0.15) is 31.1 Å². The van der Waals surface area contributed by atoms with Crippen LogP contribution in [0.15, 0.2) is 42.6 Å². The predicted octanol–water partition coefficient (Wildman–Crippen LogP) is 4.52. The number of ether oxygens (including phenoxy) is 3. The third kappa shape index (κ3) is 3.26. The number of benzene rings is 2. The molecule has 156 valence electrons. The van der Waals surface area contributed by atoms with Crippen LogP contribution < -0.4 is 9.47 Å². The Kier molecular flexibility index (Phi) is 5.35. The van der Waals surface area contributed by atoms with Crippen molar-refractivity contribution in [1.82, 2.24) is 9.47 Å². The molecule has 0 bridgehead atoms. The molecule has 2 heterocycles. The van der Waals surface area contributed by atoms with Crippen LogP contribution in [0.2, 0.25) is 0 Å². The van der Waals surface area contributed by atoms with Crippen molar-refractivity contribution in [1.29, 1.82) is 0 Å². The summed E-state index contributed by atoms with van der Waals surface area (Å²) in [5, 5.41) is 0.903. The molecular weight excluding hydrogens is 384 g/mol. The highest BCUT2D eigenvalue weighted by molar-refractivity contribution is 6.06. The molecule has 1 aliphatic rings. The molecule has 0 saturated heterocycles. The number of fused-ring (bicyclic) bond motifs is 2. The molecule has 0 atom stereocenters. The van der Waals surface area contributed by atoms with Crippen molar-refractivity contribution in [2.45, 2.75) is 20.8 Å². The number of carbonyl (C=O) groups is 2. The molecule has 7 heteroatoms. The van der Waals surface area contributed by atoms with Gasteiger partial charge in [-0.05, 0) is 39.0 Å². The number of hydrogen-bond acceptors (Lipinski definition) is 5. The highest BCUT2D eigenvalue weighted by Gasteiger charge is 2.25. The van der Waals surface area contributed by atoms with E-state index in [0.717, 1.165) is 16.5 Å². The molecule has 0 N–H and O–H groups in total. The number of carbonyl (C=O) groups excluding carboxylic acids is 2. The number of aromatic nitrogens is 1. The van der Waals surface area contributed by atoms with Crippen molar-refractivity contribution < 1.29 is 23.8 Å². The van der Waals surface area contributed by atoms with E-state index in [1.54, 1.807) is 34.7 Å². The number of esters is 1. The third-order valence-corrected chi connectivity index (χ3v) is 5.25. The molecule has 0 radical (unpaired) electrons. The van der Waals surface area contributed by atoms with Crippen LogP contribution in [0.3, 0.4) is 0 Å². The first kappa shape index (κ1) is 19.8. The average Bonchev–Trinajstić information content (AvgIpc) is 3.40. The summed E-state index contributed by atoms with van der Waals surface area (Å²) in [4.78, 5) is 27.6. The monoisotopic (exact) mass is 408 g/mol. The van der Waals surface area contributed by atoms with Crippen LogP contribution in [-0.4, -0.2) is 48.0 Å². The van der Waals surface area contributed by atoms with Gasteiger partial charge in [0.05, 0.1) is 17.7 Å². The molecular formula is C23H24N2O5. The van der Waals surface area contributed by atoms with Gasteiger partial charge in [0.1, 0.15) is 0 Å². The summed E-state index contributed by atoms with van der Waals surface area (Å²) in [5.74, 6) is 0.614. The second-order valence-corrected chi connectivity index (χ2v) is 6.86. The smallest absolute Gasteiger partial charge is 0.338 e. The second kappa shape index (κ2) is 8.10. The van der Waals surface area contributed by atoms with E-state index in [0.29, 0.717) is 35.7 Å². The topological polar surface area (TPSA) is 70.0 Å². The number of hydrogen-bond donors (Lipinski definition) is 0. The summed E-state index contributed by atoms with van der Waals surface area (Å²) >= 11 is 0. The first-order chi connectivity index (χ1) is 14.6. The molecule has 0 aliphatic carbocycles. The first-order valence-corrected chi connectivity index (χ1v) is 10.1. The minimum atomic E-state index is -0.448. The van der Waals surface area contributed by atoms with E-state index in [9.17, 15) is 9.59 Å². The highest BCUT2D eigenvalue weighted by Crippen LogP contribution is 2.41. The zero-order valence-electron chi connectivity index (χ0n) is 17.3. The molecule has 0 fully saturated rings. The van der Waals surface area contributed by atoms with E-state index < -0.39 is 5.97 Å². The van der Waals surface area contributed by atoms with Crippen molar-refractivity contribution in [2.75, 3.05) is 26.5 Å². The molecule has 1 aromatic heterocycles. The summed E-state index contributed by atoms with van der Waals surface area (Å²) in [7, 11) is 0. The molecule has 4 rings (SSSR count). The van der Waals surface area contributed by atoms with E-state index in [1.165, 1.54) is 0 Å². The van der Waals surface area contributed by atoms with E-state index in [1.807, 2.05) is 38.1 Å². The molecule has 30 heavy (non-hydrogen) atoms. The van der Waals surface area contributed by atoms with Crippen molar-refractivity contribution in [3.8, 4) is 22.6 Å². The lowest BCUT2D eigenvalue weighted by Crippen LogP contribution is -2.33. The Morgan fingerprint density at radius 2 is 1.77 bits per heavy atom. The molecule has 0 saturated carbocycles. The van der Waals surface area contributed by atoms with Gasteiger partial charge in [-0.15, -0.1) is 0 Å². The Labute approximate surface area is 174 Å². The van der Waals surface area contributed by atoms with Gasteiger partial charge < -0.3 is 19.1 Å². The van der Waals surface area contributed by atoms with Crippen molar-refractivity contribution >= 4 is 22.9 Å². The Morgan fingerprint density at radius 3 is 2.47 bits per heavy atom. The number of nitrogens with zero attached hydrogens (tertiary/aromatic N) is 2. The maximum atomic E-state index is 13.1. The Bertz CT molecular complexity index is 1110.